The van der Waals surface area contributed by atoms with E-state index in [1.807, 2.05) is 12.3 Å². The van der Waals surface area contributed by atoms with Crippen molar-refractivity contribution in [3.8, 4) is 0 Å². The molecule has 1 N–H and O–H groups in total. The largest absolute Gasteiger partial charge is 0.378 e. The summed E-state index contributed by atoms with van der Waals surface area (Å²) in [5.41, 5.74) is 0.449. The van der Waals surface area contributed by atoms with E-state index in [1.54, 1.807) is 16.9 Å². The molecule has 0 unspecified atom stereocenters. The fourth-order valence-corrected chi connectivity index (χ4v) is 1.42. The first-order valence-electron chi connectivity index (χ1n) is 5.07. The van der Waals surface area contributed by atoms with E-state index in [9.17, 15) is 10.1 Å². The first-order valence-corrected chi connectivity index (χ1v) is 5.07. The number of hydrogen-bond donors (Lipinski definition) is 1. The molecule has 2 heterocycles. The normalized spacial score (nSPS) is 10.1. The van der Waals surface area contributed by atoms with Crippen LogP contribution in [0.4, 0.5) is 11.4 Å². The van der Waals surface area contributed by atoms with Crippen LogP contribution in [0.3, 0.4) is 0 Å². The summed E-state index contributed by atoms with van der Waals surface area (Å²) >= 11 is 0. The van der Waals surface area contributed by atoms with E-state index in [4.69, 9.17) is 0 Å². The van der Waals surface area contributed by atoms with Gasteiger partial charge in [-0.2, -0.15) is 5.10 Å². The molecule has 0 aromatic carbocycles. The number of hydrogen-bond acceptors (Lipinski definition) is 5. The summed E-state index contributed by atoms with van der Waals surface area (Å²) in [5, 5.41) is 17.7. The molecule has 7 heteroatoms. The highest BCUT2D eigenvalue weighted by atomic mass is 16.6. The Balaban J connectivity index is 1.97. The third kappa shape index (κ3) is 2.77. The molecule has 7 nitrogen and oxygen atoms in total. The lowest BCUT2D eigenvalue weighted by Gasteiger charge is -2.06. The standard InChI is InChI=1S/C10H11N5O2/c16-15(17)10-8-11-4-2-9(10)12-5-7-14-6-1-3-13-14/h1-4,6,8H,5,7H2,(H,11,12). The third-order valence-electron chi connectivity index (χ3n) is 2.21. The van der Waals surface area contributed by atoms with Crippen molar-refractivity contribution in [2.45, 2.75) is 6.54 Å². The molecule has 0 radical (unpaired) electrons. The van der Waals surface area contributed by atoms with E-state index < -0.39 is 4.92 Å². The second-order valence-corrected chi connectivity index (χ2v) is 3.35. The summed E-state index contributed by atoms with van der Waals surface area (Å²) in [6.45, 7) is 1.21. The first kappa shape index (κ1) is 11.1. The number of nitrogens with zero attached hydrogens (tertiary/aromatic N) is 4. The molecule has 0 aliphatic carbocycles. The van der Waals surface area contributed by atoms with E-state index in [2.05, 4.69) is 15.4 Å². The predicted octanol–water partition coefficient (Wildman–Crippen LogP) is 1.30. The molecule has 0 bridgehead atoms. The topological polar surface area (TPSA) is 85.9 Å². The summed E-state index contributed by atoms with van der Waals surface area (Å²) in [6, 6.07) is 3.41. The number of aromatic nitrogens is 3. The second kappa shape index (κ2) is 5.06. The lowest BCUT2D eigenvalue weighted by Crippen LogP contribution is -2.11. The van der Waals surface area contributed by atoms with Crippen LogP contribution in [0.1, 0.15) is 0 Å². The highest BCUT2D eigenvalue weighted by molar-refractivity contribution is 5.59. The van der Waals surface area contributed by atoms with E-state index in [1.165, 1.54) is 12.4 Å². The van der Waals surface area contributed by atoms with Crippen LogP contribution in [0.2, 0.25) is 0 Å². The zero-order chi connectivity index (χ0) is 12.1. The van der Waals surface area contributed by atoms with Gasteiger partial charge in [0, 0.05) is 25.1 Å². The second-order valence-electron chi connectivity index (χ2n) is 3.35. The fraction of sp³-hybridized carbons (Fsp3) is 0.200. The highest BCUT2D eigenvalue weighted by Crippen LogP contribution is 2.21. The van der Waals surface area contributed by atoms with E-state index in [0.717, 1.165) is 0 Å². The highest BCUT2D eigenvalue weighted by Gasteiger charge is 2.12. The Morgan fingerprint density at radius 3 is 3.06 bits per heavy atom. The summed E-state index contributed by atoms with van der Waals surface area (Å²) < 4.78 is 1.75. The Hall–Kier alpha value is -2.44. The van der Waals surface area contributed by atoms with Crippen molar-refractivity contribution in [1.82, 2.24) is 14.8 Å². The van der Waals surface area contributed by atoms with Gasteiger partial charge in [0.2, 0.25) is 0 Å². The van der Waals surface area contributed by atoms with Crippen LogP contribution in [0.25, 0.3) is 0 Å². The maximum atomic E-state index is 10.7. The van der Waals surface area contributed by atoms with Gasteiger partial charge in [-0.05, 0) is 12.1 Å². The van der Waals surface area contributed by atoms with Crippen molar-refractivity contribution in [2.75, 3.05) is 11.9 Å². The molecule has 0 aliphatic rings. The average Bonchev–Trinajstić information content (AvgIpc) is 2.82. The lowest BCUT2D eigenvalue weighted by molar-refractivity contribution is -0.384. The van der Waals surface area contributed by atoms with Crippen LogP contribution in [0.15, 0.2) is 36.9 Å². The van der Waals surface area contributed by atoms with Gasteiger partial charge in [0.15, 0.2) is 0 Å². The summed E-state index contributed by atoms with van der Waals surface area (Å²) in [5.74, 6) is 0. The maximum absolute atomic E-state index is 10.7. The first-order chi connectivity index (χ1) is 8.27. The fourth-order valence-electron chi connectivity index (χ4n) is 1.42. The molecule has 0 aliphatic heterocycles. The van der Waals surface area contributed by atoms with Gasteiger partial charge in [0.1, 0.15) is 11.9 Å². The number of nitrogens with one attached hydrogen (secondary N) is 1. The van der Waals surface area contributed by atoms with Crippen molar-refractivity contribution >= 4 is 11.4 Å². The number of pyridine rings is 1. The minimum Gasteiger partial charge on any atom is -0.378 e. The molecule has 0 spiro atoms. The SMILES string of the molecule is O=[N+]([O-])c1cnccc1NCCn1cccn1. The van der Waals surface area contributed by atoms with Crippen molar-refractivity contribution in [1.29, 1.82) is 0 Å². The van der Waals surface area contributed by atoms with Gasteiger partial charge in [-0.15, -0.1) is 0 Å². The third-order valence-corrected chi connectivity index (χ3v) is 2.21. The molecule has 0 amide bonds. The molecule has 2 aromatic rings. The molecule has 0 saturated carbocycles. The Bertz CT molecular complexity index is 497. The molecule has 0 fully saturated rings. The predicted molar refractivity (Wildman–Crippen MR) is 61.6 cm³/mol. The van der Waals surface area contributed by atoms with Gasteiger partial charge in [-0.3, -0.25) is 19.8 Å². The van der Waals surface area contributed by atoms with Crippen molar-refractivity contribution in [3.63, 3.8) is 0 Å². The molecule has 0 atom stereocenters. The van der Waals surface area contributed by atoms with Crippen LogP contribution < -0.4 is 5.32 Å². The van der Waals surface area contributed by atoms with Gasteiger partial charge in [0.05, 0.1) is 11.5 Å². The van der Waals surface area contributed by atoms with Crippen LogP contribution >= 0.6 is 0 Å². The molecule has 17 heavy (non-hydrogen) atoms. The van der Waals surface area contributed by atoms with Gasteiger partial charge < -0.3 is 5.32 Å². The summed E-state index contributed by atoms with van der Waals surface area (Å²) in [7, 11) is 0. The average molecular weight is 233 g/mol. The van der Waals surface area contributed by atoms with Crippen molar-refractivity contribution in [2.24, 2.45) is 0 Å². The van der Waals surface area contributed by atoms with Gasteiger partial charge >= 0.3 is 5.69 Å². The van der Waals surface area contributed by atoms with Gasteiger partial charge in [-0.1, -0.05) is 0 Å². The number of nitro groups is 1. The van der Waals surface area contributed by atoms with Crippen molar-refractivity contribution in [3.05, 3.63) is 47.0 Å². The van der Waals surface area contributed by atoms with E-state index in [-0.39, 0.29) is 5.69 Å². The van der Waals surface area contributed by atoms with Gasteiger partial charge in [0.25, 0.3) is 0 Å². The smallest absolute Gasteiger partial charge is 0.310 e. The minimum absolute atomic E-state index is 0.0204. The zero-order valence-corrected chi connectivity index (χ0v) is 8.98. The van der Waals surface area contributed by atoms with Gasteiger partial charge in [-0.25, -0.2) is 0 Å². The maximum Gasteiger partial charge on any atom is 0.310 e. The van der Waals surface area contributed by atoms with Crippen LogP contribution in [0, 0.1) is 10.1 Å². The molecular formula is C10H11N5O2. The van der Waals surface area contributed by atoms with Crippen LogP contribution in [-0.4, -0.2) is 26.2 Å². The molecular weight excluding hydrogens is 222 g/mol. The minimum atomic E-state index is -0.455. The van der Waals surface area contributed by atoms with Crippen LogP contribution in [-0.2, 0) is 6.54 Å². The summed E-state index contributed by atoms with van der Waals surface area (Å²) in [4.78, 5) is 14.0. The number of rotatable bonds is 5. The molecule has 2 rings (SSSR count). The Morgan fingerprint density at radius 1 is 1.47 bits per heavy atom. The quantitative estimate of drug-likeness (QED) is 0.621. The van der Waals surface area contributed by atoms with E-state index in [0.29, 0.717) is 18.8 Å². The zero-order valence-electron chi connectivity index (χ0n) is 8.98. The Morgan fingerprint density at radius 2 is 2.35 bits per heavy atom. The molecule has 0 saturated heterocycles. The lowest BCUT2D eigenvalue weighted by atomic mass is 10.3. The molecule has 88 valence electrons. The van der Waals surface area contributed by atoms with Crippen LogP contribution in [0.5, 0.6) is 0 Å². The summed E-state index contributed by atoms with van der Waals surface area (Å²) in [6.07, 6.45) is 6.27. The number of anilines is 1. The monoisotopic (exact) mass is 233 g/mol. The Kier molecular flexibility index (Phi) is 3.29. The van der Waals surface area contributed by atoms with Crippen molar-refractivity contribution < 1.29 is 4.92 Å². The Labute approximate surface area is 97.2 Å². The molecule has 2 aromatic heterocycles. The van der Waals surface area contributed by atoms with E-state index >= 15 is 0 Å².